The number of aliphatic imine (C=N–C) groups is 1. The summed E-state index contributed by atoms with van der Waals surface area (Å²) in [5, 5.41) is 16.5. The Labute approximate surface area is 207 Å². The number of halogens is 2. The third-order valence-electron chi connectivity index (χ3n) is 5.51. The van der Waals surface area contributed by atoms with Gasteiger partial charge in [0, 0.05) is 43.1 Å². The van der Waals surface area contributed by atoms with Crippen LogP contribution in [0, 0.1) is 5.82 Å². The quantitative estimate of drug-likeness (QED) is 0.427. The highest BCUT2D eigenvalue weighted by molar-refractivity contribution is 6.31. The molecule has 3 aromatic rings. The van der Waals surface area contributed by atoms with Gasteiger partial charge in [0.25, 0.3) is 0 Å². The molecule has 1 unspecified atom stereocenters. The Morgan fingerprint density at radius 2 is 2.06 bits per heavy atom. The molecule has 1 aromatic carbocycles. The zero-order valence-corrected chi connectivity index (χ0v) is 20.2. The van der Waals surface area contributed by atoms with Crippen molar-refractivity contribution in [3.8, 4) is 0 Å². The van der Waals surface area contributed by atoms with Crippen LogP contribution in [0.1, 0.15) is 27.7 Å². The first-order valence-electron chi connectivity index (χ1n) is 10.8. The average Bonchev–Trinajstić information content (AvgIpc) is 2.82. The van der Waals surface area contributed by atoms with Gasteiger partial charge in [-0.05, 0) is 50.5 Å². The van der Waals surface area contributed by atoms with Crippen LogP contribution in [0.2, 0.25) is 5.02 Å². The summed E-state index contributed by atoms with van der Waals surface area (Å²) >= 11 is 6.16. The van der Waals surface area contributed by atoms with Crippen molar-refractivity contribution in [1.82, 2.24) is 19.8 Å². The molecule has 0 amide bonds. The predicted molar refractivity (Wildman–Crippen MR) is 134 cm³/mol. The number of hydrogen-bond acceptors (Lipinski definition) is 8. The lowest BCUT2D eigenvalue weighted by molar-refractivity contribution is 0.0697. The first kappa shape index (κ1) is 24.4. The van der Waals surface area contributed by atoms with E-state index in [0.29, 0.717) is 40.3 Å². The van der Waals surface area contributed by atoms with E-state index in [0.717, 1.165) is 6.54 Å². The fraction of sp³-hybridized carbons (Fsp3) is 0.250. The smallest absolute Gasteiger partial charge is 0.339 e. The molecule has 3 N–H and O–H groups in total. The lowest BCUT2D eigenvalue weighted by atomic mass is 10.1. The number of carbonyl (C=O) groups is 1. The monoisotopic (exact) mass is 497 g/mol. The Balaban J connectivity index is 1.79. The fourth-order valence-electron chi connectivity index (χ4n) is 3.71. The number of aromatic carboxylic acids is 1. The third-order valence-corrected chi connectivity index (χ3v) is 5.75. The Bertz CT molecular complexity index is 1280. The minimum absolute atomic E-state index is 0.00961. The molecule has 11 heteroatoms. The summed E-state index contributed by atoms with van der Waals surface area (Å²) in [7, 11) is 5.70. The van der Waals surface area contributed by atoms with Crippen LogP contribution in [0.5, 0.6) is 0 Å². The zero-order chi connectivity index (χ0) is 25.1. The average molecular weight is 498 g/mol. The molecular formula is C24H25ClFN7O2. The van der Waals surface area contributed by atoms with Crippen molar-refractivity contribution >= 4 is 40.7 Å². The second-order valence-corrected chi connectivity index (χ2v) is 8.72. The van der Waals surface area contributed by atoms with Crippen molar-refractivity contribution in [2.75, 3.05) is 44.9 Å². The summed E-state index contributed by atoms with van der Waals surface area (Å²) in [6.07, 6.45) is 2.18. The number of pyridine rings is 2. The standard InChI is InChI=1S/C24H25ClFN7O2/c1-32(2)11-10-28-20-7-5-15-21(30-20)31-23(16-12-14(25)4-6-18(16)26)33(3)22(15)29-19-8-9-27-13-17(19)24(34)35/h4-9,12-13,22H,10-11H2,1-3H3,(H,27,29)(H,28,30)(H,34,35). The highest BCUT2D eigenvalue weighted by atomic mass is 35.5. The van der Waals surface area contributed by atoms with Gasteiger partial charge < -0.3 is 25.5 Å². The van der Waals surface area contributed by atoms with Crippen LogP contribution in [-0.4, -0.2) is 70.9 Å². The Morgan fingerprint density at radius 1 is 1.26 bits per heavy atom. The molecule has 0 saturated heterocycles. The van der Waals surface area contributed by atoms with Crippen LogP contribution in [0.25, 0.3) is 0 Å². The molecule has 1 aliphatic heterocycles. The number of nitrogens with zero attached hydrogens (tertiary/aromatic N) is 5. The van der Waals surface area contributed by atoms with Crippen molar-refractivity contribution in [2.45, 2.75) is 6.17 Å². The lowest BCUT2D eigenvalue weighted by Crippen LogP contribution is -2.39. The van der Waals surface area contributed by atoms with Gasteiger partial charge in [0.2, 0.25) is 0 Å². The van der Waals surface area contributed by atoms with E-state index in [1.54, 1.807) is 18.0 Å². The van der Waals surface area contributed by atoms with Gasteiger partial charge in [-0.15, -0.1) is 0 Å². The largest absolute Gasteiger partial charge is 0.478 e. The summed E-state index contributed by atoms with van der Waals surface area (Å²) in [6.45, 7) is 1.49. The van der Waals surface area contributed by atoms with Crippen LogP contribution in [0.15, 0.2) is 53.8 Å². The van der Waals surface area contributed by atoms with E-state index in [2.05, 4.69) is 25.6 Å². The Morgan fingerprint density at radius 3 is 2.80 bits per heavy atom. The van der Waals surface area contributed by atoms with Crippen molar-refractivity contribution in [3.05, 3.63) is 76.3 Å². The highest BCUT2D eigenvalue weighted by Crippen LogP contribution is 2.37. The predicted octanol–water partition coefficient (Wildman–Crippen LogP) is 4.08. The van der Waals surface area contributed by atoms with Gasteiger partial charge in [0.05, 0.1) is 11.3 Å². The molecule has 35 heavy (non-hydrogen) atoms. The SMILES string of the molecule is CN(C)CCNc1ccc2c(n1)N=C(c1cc(Cl)ccc1F)N(C)C2Nc1ccncc1C(=O)O. The summed E-state index contributed by atoms with van der Waals surface area (Å²) in [4.78, 5) is 28.8. The molecule has 3 heterocycles. The molecule has 0 radical (unpaired) electrons. The van der Waals surface area contributed by atoms with Crippen molar-refractivity contribution < 1.29 is 14.3 Å². The fourth-order valence-corrected chi connectivity index (χ4v) is 3.88. The first-order valence-corrected chi connectivity index (χ1v) is 11.2. The van der Waals surface area contributed by atoms with E-state index < -0.39 is 18.0 Å². The molecule has 182 valence electrons. The number of anilines is 2. The van der Waals surface area contributed by atoms with Crippen LogP contribution in [0.3, 0.4) is 0 Å². The van der Waals surface area contributed by atoms with Crippen LogP contribution in [0.4, 0.5) is 21.7 Å². The Hall–Kier alpha value is -3.76. The summed E-state index contributed by atoms with van der Waals surface area (Å²) in [5.41, 5.74) is 1.27. The molecular weight excluding hydrogens is 473 g/mol. The summed E-state index contributed by atoms with van der Waals surface area (Å²) < 4.78 is 14.8. The van der Waals surface area contributed by atoms with Gasteiger partial charge in [-0.2, -0.15) is 0 Å². The number of fused-ring (bicyclic) bond motifs is 1. The van der Waals surface area contributed by atoms with E-state index in [-0.39, 0.29) is 11.1 Å². The second kappa shape index (κ2) is 10.2. The summed E-state index contributed by atoms with van der Waals surface area (Å²) in [6, 6.07) is 9.53. The number of carboxylic acids is 1. The normalized spacial score (nSPS) is 15.0. The molecule has 1 aliphatic rings. The summed E-state index contributed by atoms with van der Waals surface area (Å²) in [5.74, 6) is -0.293. The molecule has 1 atom stereocenters. The van der Waals surface area contributed by atoms with Crippen LogP contribution < -0.4 is 10.6 Å². The van der Waals surface area contributed by atoms with Crippen molar-refractivity contribution in [1.29, 1.82) is 0 Å². The number of benzene rings is 1. The molecule has 0 saturated carbocycles. The number of hydrogen-bond donors (Lipinski definition) is 3. The van der Waals surface area contributed by atoms with Gasteiger partial charge in [0.15, 0.2) is 5.82 Å². The maximum atomic E-state index is 14.8. The number of likely N-dealkylation sites (N-methyl/N-ethyl adjacent to an activating group) is 1. The Kier molecular flexibility index (Phi) is 7.13. The van der Waals surface area contributed by atoms with Gasteiger partial charge in [0.1, 0.15) is 29.2 Å². The van der Waals surface area contributed by atoms with Gasteiger partial charge in [-0.1, -0.05) is 11.6 Å². The number of aromatic nitrogens is 2. The highest BCUT2D eigenvalue weighted by Gasteiger charge is 2.31. The maximum absolute atomic E-state index is 14.8. The molecule has 4 rings (SSSR count). The van der Waals surface area contributed by atoms with E-state index in [1.165, 1.54) is 30.6 Å². The van der Waals surface area contributed by atoms with E-state index >= 15 is 0 Å². The van der Waals surface area contributed by atoms with Crippen LogP contribution >= 0.6 is 11.6 Å². The van der Waals surface area contributed by atoms with Crippen molar-refractivity contribution in [2.24, 2.45) is 4.99 Å². The second-order valence-electron chi connectivity index (χ2n) is 8.28. The van der Waals surface area contributed by atoms with E-state index in [1.807, 2.05) is 31.1 Å². The molecule has 0 aliphatic carbocycles. The van der Waals surface area contributed by atoms with Gasteiger partial charge in [-0.3, -0.25) is 4.98 Å². The molecule has 9 nitrogen and oxygen atoms in total. The molecule has 0 spiro atoms. The molecule has 0 fully saturated rings. The van der Waals surface area contributed by atoms with Crippen molar-refractivity contribution in [3.63, 3.8) is 0 Å². The maximum Gasteiger partial charge on any atom is 0.339 e. The lowest BCUT2D eigenvalue weighted by Gasteiger charge is -2.36. The van der Waals surface area contributed by atoms with E-state index in [9.17, 15) is 14.3 Å². The minimum atomic E-state index is -1.12. The third kappa shape index (κ3) is 5.33. The van der Waals surface area contributed by atoms with Gasteiger partial charge >= 0.3 is 5.97 Å². The number of rotatable bonds is 8. The zero-order valence-electron chi connectivity index (χ0n) is 19.5. The van der Waals surface area contributed by atoms with E-state index in [4.69, 9.17) is 11.6 Å². The first-order chi connectivity index (χ1) is 16.7. The minimum Gasteiger partial charge on any atom is -0.478 e. The molecule has 0 bridgehead atoms. The van der Waals surface area contributed by atoms with Gasteiger partial charge in [-0.25, -0.2) is 19.2 Å². The number of amidine groups is 1. The topological polar surface area (TPSA) is 106 Å². The van der Waals surface area contributed by atoms with Crippen LogP contribution in [-0.2, 0) is 0 Å². The molecule has 2 aromatic heterocycles. The number of nitrogens with one attached hydrogen (secondary N) is 2. The number of carboxylic acid groups (broad SMARTS) is 1.